The summed E-state index contributed by atoms with van der Waals surface area (Å²) in [7, 11) is 0. The standard InChI is InChI=1S/C34H34N6/c1-5-21-37-27-13-9-14-28(25-27)38(22-6-2)33-19-12-20-34(36-33)40(24-8-4)30-16-10-15-29(26-30)39(23-7-3)32-18-11-17-31(37)35-32/h5-20,25-26H,1-4,21-24H2. The molecule has 4 aromatic rings. The first-order chi connectivity index (χ1) is 19.7. The molecule has 3 heterocycles. The van der Waals surface area contributed by atoms with Crippen molar-refractivity contribution in [2.75, 3.05) is 45.8 Å². The molecule has 40 heavy (non-hydrogen) atoms. The van der Waals surface area contributed by atoms with Crippen LogP contribution in [-0.2, 0) is 0 Å². The van der Waals surface area contributed by atoms with Crippen LogP contribution < -0.4 is 19.6 Å². The van der Waals surface area contributed by atoms with Crippen LogP contribution >= 0.6 is 0 Å². The van der Waals surface area contributed by atoms with Gasteiger partial charge in [-0.15, -0.1) is 26.3 Å². The van der Waals surface area contributed by atoms with Gasteiger partial charge in [0.25, 0.3) is 0 Å². The molecule has 0 radical (unpaired) electrons. The Morgan fingerprint density at radius 3 is 0.925 bits per heavy atom. The van der Waals surface area contributed by atoms with Crippen LogP contribution in [-0.4, -0.2) is 36.1 Å². The van der Waals surface area contributed by atoms with Crippen LogP contribution in [0, 0.1) is 0 Å². The summed E-state index contributed by atoms with van der Waals surface area (Å²) in [4.78, 5) is 18.9. The highest BCUT2D eigenvalue weighted by molar-refractivity contribution is 5.74. The minimum absolute atomic E-state index is 0.600. The van der Waals surface area contributed by atoms with Crippen LogP contribution in [0.5, 0.6) is 0 Å². The highest BCUT2D eigenvalue weighted by atomic mass is 15.3. The van der Waals surface area contributed by atoms with Crippen LogP contribution in [0.15, 0.2) is 136 Å². The molecule has 200 valence electrons. The lowest BCUT2D eigenvalue weighted by molar-refractivity contribution is 0.987. The quantitative estimate of drug-likeness (QED) is 0.216. The molecular formula is C34H34N6. The van der Waals surface area contributed by atoms with Gasteiger partial charge in [-0.3, -0.25) is 0 Å². The van der Waals surface area contributed by atoms with Gasteiger partial charge in [0.05, 0.1) is 0 Å². The Bertz CT molecular complexity index is 1220. The molecular weight excluding hydrogens is 492 g/mol. The second kappa shape index (κ2) is 12.2. The number of benzene rings is 2. The van der Waals surface area contributed by atoms with E-state index in [-0.39, 0.29) is 0 Å². The fourth-order valence-corrected chi connectivity index (χ4v) is 4.92. The first kappa shape index (κ1) is 26.5. The first-order valence-electron chi connectivity index (χ1n) is 13.3. The lowest BCUT2D eigenvalue weighted by Crippen LogP contribution is -2.24. The fraction of sp³-hybridized carbons (Fsp3) is 0.118. The van der Waals surface area contributed by atoms with E-state index >= 15 is 0 Å². The van der Waals surface area contributed by atoms with E-state index in [1.54, 1.807) is 0 Å². The van der Waals surface area contributed by atoms with Crippen molar-refractivity contribution in [3.8, 4) is 0 Å². The summed E-state index contributed by atoms with van der Waals surface area (Å²) in [5, 5.41) is 0. The molecule has 0 saturated heterocycles. The molecule has 1 aliphatic heterocycles. The summed E-state index contributed by atoms with van der Waals surface area (Å²) in [5.74, 6) is 3.32. The van der Waals surface area contributed by atoms with Crippen LogP contribution in [0.3, 0.4) is 0 Å². The number of hydrogen-bond donors (Lipinski definition) is 0. The van der Waals surface area contributed by atoms with E-state index in [1.807, 2.05) is 60.7 Å². The summed E-state index contributed by atoms with van der Waals surface area (Å²) in [5.41, 5.74) is 4.02. The van der Waals surface area contributed by atoms with Crippen molar-refractivity contribution in [2.24, 2.45) is 0 Å². The summed E-state index contributed by atoms with van der Waals surface area (Å²) in [6.07, 6.45) is 7.58. The number of pyridine rings is 2. The maximum atomic E-state index is 5.13. The average Bonchev–Trinajstić information content (AvgIpc) is 3.00. The summed E-state index contributed by atoms with van der Waals surface area (Å²) in [6, 6.07) is 29.0. The third-order valence-electron chi connectivity index (χ3n) is 6.70. The molecule has 6 heteroatoms. The van der Waals surface area contributed by atoms with Gasteiger partial charge in [-0.25, -0.2) is 9.97 Å². The molecule has 0 fully saturated rings. The Morgan fingerprint density at radius 2 is 0.675 bits per heavy atom. The molecule has 0 unspecified atom stereocenters. The van der Waals surface area contributed by atoms with Gasteiger partial charge >= 0.3 is 0 Å². The summed E-state index contributed by atoms with van der Waals surface area (Å²) in [6.45, 7) is 18.5. The second-order valence-corrected chi connectivity index (χ2v) is 9.34. The van der Waals surface area contributed by atoms with Crippen molar-refractivity contribution in [1.82, 2.24) is 9.97 Å². The molecule has 0 amide bonds. The van der Waals surface area contributed by atoms with Crippen LogP contribution in [0.4, 0.5) is 46.0 Å². The van der Waals surface area contributed by atoms with E-state index in [2.05, 4.69) is 94.4 Å². The molecule has 0 atom stereocenters. The van der Waals surface area contributed by atoms with Gasteiger partial charge < -0.3 is 19.6 Å². The maximum absolute atomic E-state index is 5.13. The first-order valence-corrected chi connectivity index (χ1v) is 13.3. The van der Waals surface area contributed by atoms with Crippen molar-refractivity contribution in [1.29, 1.82) is 0 Å². The Morgan fingerprint density at radius 1 is 0.425 bits per heavy atom. The SMILES string of the molecule is C=CCN1c2cccc(c2)N(CC=C)c2cccc(n2)N(CC=C)c2cccc(c2)N(CC=C)c2cccc1n2. The van der Waals surface area contributed by atoms with E-state index < -0.39 is 0 Å². The number of aromatic nitrogens is 2. The van der Waals surface area contributed by atoms with E-state index in [0.717, 1.165) is 46.0 Å². The monoisotopic (exact) mass is 526 g/mol. The van der Waals surface area contributed by atoms with Crippen molar-refractivity contribution < 1.29 is 0 Å². The predicted octanol–water partition coefficient (Wildman–Crippen LogP) is 8.09. The lowest BCUT2D eigenvalue weighted by Gasteiger charge is -2.30. The Hall–Kier alpha value is -5.10. The Kier molecular flexibility index (Phi) is 8.07. The van der Waals surface area contributed by atoms with Crippen LogP contribution in [0.25, 0.3) is 0 Å². The highest BCUT2D eigenvalue weighted by Crippen LogP contribution is 2.36. The lowest BCUT2D eigenvalue weighted by atomic mass is 10.2. The normalized spacial score (nSPS) is 12.6. The third kappa shape index (κ3) is 5.38. The van der Waals surface area contributed by atoms with Crippen molar-refractivity contribution in [3.05, 3.63) is 136 Å². The second-order valence-electron chi connectivity index (χ2n) is 9.34. The minimum atomic E-state index is 0.600. The molecule has 5 rings (SSSR count). The van der Waals surface area contributed by atoms with Gasteiger partial charge in [0.15, 0.2) is 0 Å². The van der Waals surface area contributed by atoms with Gasteiger partial charge in [-0.1, -0.05) is 48.6 Å². The van der Waals surface area contributed by atoms with Crippen molar-refractivity contribution >= 4 is 46.0 Å². The van der Waals surface area contributed by atoms with Crippen LogP contribution in [0.1, 0.15) is 0 Å². The fourth-order valence-electron chi connectivity index (χ4n) is 4.92. The molecule has 8 bridgehead atoms. The molecule has 0 N–H and O–H groups in total. The molecule has 2 aromatic carbocycles. The Labute approximate surface area is 237 Å². The zero-order valence-electron chi connectivity index (χ0n) is 22.7. The van der Waals surface area contributed by atoms with Gasteiger partial charge in [0, 0.05) is 48.9 Å². The third-order valence-corrected chi connectivity index (χ3v) is 6.70. The van der Waals surface area contributed by atoms with Crippen molar-refractivity contribution in [3.63, 3.8) is 0 Å². The van der Waals surface area contributed by atoms with Crippen molar-refractivity contribution in [2.45, 2.75) is 0 Å². The van der Waals surface area contributed by atoms with Gasteiger partial charge in [0.2, 0.25) is 0 Å². The predicted molar refractivity (Wildman–Crippen MR) is 170 cm³/mol. The molecule has 0 saturated carbocycles. The maximum Gasteiger partial charge on any atom is 0.135 e. The topological polar surface area (TPSA) is 38.7 Å². The van der Waals surface area contributed by atoms with Gasteiger partial charge in [0.1, 0.15) is 23.3 Å². The number of rotatable bonds is 8. The van der Waals surface area contributed by atoms with E-state index in [4.69, 9.17) is 9.97 Å². The van der Waals surface area contributed by atoms with E-state index in [1.165, 1.54) is 0 Å². The molecule has 6 nitrogen and oxygen atoms in total. The number of fused-ring (bicyclic) bond motifs is 8. The smallest absolute Gasteiger partial charge is 0.135 e. The van der Waals surface area contributed by atoms with Gasteiger partial charge in [-0.2, -0.15) is 0 Å². The number of hydrogen-bond acceptors (Lipinski definition) is 6. The number of nitrogens with zero attached hydrogens (tertiary/aromatic N) is 6. The summed E-state index contributed by atoms with van der Waals surface area (Å²) >= 11 is 0. The molecule has 0 spiro atoms. The zero-order valence-corrected chi connectivity index (χ0v) is 22.7. The van der Waals surface area contributed by atoms with E-state index in [9.17, 15) is 0 Å². The van der Waals surface area contributed by atoms with Gasteiger partial charge in [-0.05, 0) is 60.7 Å². The molecule has 0 aliphatic carbocycles. The molecule has 2 aromatic heterocycles. The minimum Gasteiger partial charge on any atom is -0.322 e. The average molecular weight is 527 g/mol. The Balaban J connectivity index is 1.79. The largest absolute Gasteiger partial charge is 0.322 e. The number of anilines is 8. The summed E-state index contributed by atoms with van der Waals surface area (Å²) < 4.78 is 0. The zero-order chi connectivity index (χ0) is 27.9. The van der Waals surface area contributed by atoms with Crippen LogP contribution in [0.2, 0.25) is 0 Å². The molecule has 1 aliphatic rings. The highest BCUT2D eigenvalue weighted by Gasteiger charge is 2.19. The van der Waals surface area contributed by atoms with E-state index in [0.29, 0.717) is 26.2 Å².